The molecule has 1 aliphatic rings. The summed E-state index contributed by atoms with van der Waals surface area (Å²) in [7, 11) is 0. The summed E-state index contributed by atoms with van der Waals surface area (Å²) in [5.41, 5.74) is 8.46. The second-order valence-corrected chi connectivity index (χ2v) is 4.93. The maximum absolute atomic E-state index is 12.8. The van der Waals surface area contributed by atoms with E-state index in [0.717, 1.165) is 16.8 Å². The molecule has 0 spiro atoms. The van der Waals surface area contributed by atoms with Gasteiger partial charge in [-0.05, 0) is 24.1 Å². The Balaban J connectivity index is 1.68. The Kier molecular flexibility index (Phi) is 3.14. The van der Waals surface area contributed by atoms with Gasteiger partial charge in [-0.3, -0.25) is 9.89 Å². The number of hydrogen-bond donors (Lipinski definition) is 2. The van der Waals surface area contributed by atoms with E-state index >= 15 is 0 Å². The molecule has 0 saturated carbocycles. The largest absolute Gasteiger partial charge is 0.382 e. The molecular weight excluding hydrogens is 259 g/mol. The third-order valence-electron chi connectivity index (χ3n) is 3.59. The number of hydrogen-bond acceptors (Lipinski definition) is 3. The van der Waals surface area contributed by atoms with Gasteiger partial charge in [0, 0.05) is 12.1 Å². The Morgan fingerprint density at radius 1 is 1.40 bits per heavy atom. The number of carbonyl (C=O) groups is 1. The molecule has 1 amide bonds. The fraction of sp³-hybridized carbons (Fsp3) is 0.286. The normalized spacial score (nSPS) is 14.2. The molecule has 20 heavy (non-hydrogen) atoms. The molecule has 2 heterocycles. The second kappa shape index (κ2) is 4.96. The first-order valence-electron chi connectivity index (χ1n) is 6.47. The fourth-order valence-corrected chi connectivity index (χ4v) is 2.45. The number of carbonyl (C=O) groups excluding carboxylic acids is 1. The third-order valence-corrected chi connectivity index (χ3v) is 3.59. The van der Waals surface area contributed by atoms with Gasteiger partial charge < -0.3 is 10.6 Å². The minimum absolute atomic E-state index is 0.0235. The van der Waals surface area contributed by atoms with Crippen molar-refractivity contribution < 1.29 is 9.18 Å². The predicted molar refractivity (Wildman–Crippen MR) is 72.2 cm³/mol. The van der Waals surface area contributed by atoms with Crippen molar-refractivity contribution in [3.05, 3.63) is 46.9 Å². The van der Waals surface area contributed by atoms with E-state index in [9.17, 15) is 9.18 Å². The first-order valence-corrected chi connectivity index (χ1v) is 6.47. The molecule has 6 heteroatoms. The highest BCUT2D eigenvalue weighted by Crippen LogP contribution is 2.21. The van der Waals surface area contributed by atoms with Gasteiger partial charge in [-0.1, -0.05) is 12.1 Å². The lowest BCUT2D eigenvalue weighted by Crippen LogP contribution is -2.36. The minimum Gasteiger partial charge on any atom is -0.382 e. The zero-order valence-corrected chi connectivity index (χ0v) is 10.9. The maximum Gasteiger partial charge on any atom is 0.227 e. The van der Waals surface area contributed by atoms with Crippen molar-refractivity contribution in [2.75, 3.05) is 12.3 Å². The monoisotopic (exact) mass is 274 g/mol. The molecular formula is C14H15FN4O. The van der Waals surface area contributed by atoms with Crippen LogP contribution >= 0.6 is 0 Å². The summed E-state index contributed by atoms with van der Waals surface area (Å²) in [5, 5.41) is 6.82. The quantitative estimate of drug-likeness (QED) is 0.865. The Labute approximate surface area is 115 Å². The molecule has 0 unspecified atom stereocenters. The van der Waals surface area contributed by atoms with Gasteiger partial charge in [0.1, 0.15) is 11.6 Å². The summed E-state index contributed by atoms with van der Waals surface area (Å²) >= 11 is 0. The van der Waals surface area contributed by atoms with Crippen LogP contribution < -0.4 is 5.73 Å². The van der Waals surface area contributed by atoms with Gasteiger partial charge in [-0.25, -0.2) is 4.39 Å². The summed E-state index contributed by atoms with van der Waals surface area (Å²) in [4.78, 5) is 14.0. The lowest BCUT2D eigenvalue weighted by molar-refractivity contribution is -0.131. The van der Waals surface area contributed by atoms with Crippen molar-refractivity contribution >= 4 is 11.7 Å². The SMILES string of the molecule is Nc1n[nH]c2c1CCN(C(=O)Cc1ccc(F)cc1)C2. The number of aromatic nitrogens is 2. The zero-order chi connectivity index (χ0) is 14.1. The van der Waals surface area contributed by atoms with Crippen molar-refractivity contribution in [3.8, 4) is 0 Å². The number of rotatable bonds is 2. The molecule has 1 aromatic heterocycles. The van der Waals surface area contributed by atoms with Crippen LogP contribution in [0, 0.1) is 5.82 Å². The summed E-state index contributed by atoms with van der Waals surface area (Å²) in [6.45, 7) is 1.14. The van der Waals surface area contributed by atoms with Crippen LogP contribution in [0.1, 0.15) is 16.8 Å². The fourth-order valence-electron chi connectivity index (χ4n) is 2.45. The molecule has 0 saturated heterocycles. The van der Waals surface area contributed by atoms with E-state index in [1.807, 2.05) is 0 Å². The van der Waals surface area contributed by atoms with Crippen molar-refractivity contribution in [2.45, 2.75) is 19.4 Å². The van der Waals surface area contributed by atoms with Crippen molar-refractivity contribution in [1.29, 1.82) is 0 Å². The highest BCUT2D eigenvalue weighted by molar-refractivity contribution is 5.79. The van der Waals surface area contributed by atoms with Gasteiger partial charge in [0.15, 0.2) is 0 Å². The topological polar surface area (TPSA) is 75.0 Å². The number of fused-ring (bicyclic) bond motifs is 1. The Hall–Kier alpha value is -2.37. The van der Waals surface area contributed by atoms with Crippen LogP contribution in [0.15, 0.2) is 24.3 Å². The zero-order valence-electron chi connectivity index (χ0n) is 10.9. The first-order chi connectivity index (χ1) is 9.63. The van der Waals surface area contributed by atoms with E-state index in [1.54, 1.807) is 17.0 Å². The van der Waals surface area contributed by atoms with Gasteiger partial charge in [0.25, 0.3) is 0 Å². The Morgan fingerprint density at radius 3 is 2.90 bits per heavy atom. The summed E-state index contributed by atoms with van der Waals surface area (Å²) in [5.74, 6) is 0.248. The molecule has 2 aromatic rings. The Morgan fingerprint density at radius 2 is 2.15 bits per heavy atom. The maximum atomic E-state index is 12.8. The molecule has 1 aliphatic heterocycles. The van der Waals surface area contributed by atoms with E-state index in [4.69, 9.17) is 5.73 Å². The van der Waals surface area contributed by atoms with Crippen LogP contribution in [0.4, 0.5) is 10.2 Å². The highest BCUT2D eigenvalue weighted by atomic mass is 19.1. The molecule has 0 fully saturated rings. The number of halogens is 1. The van der Waals surface area contributed by atoms with E-state index in [1.165, 1.54) is 12.1 Å². The van der Waals surface area contributed by atoms with E-state index in [-0.39, 0.29) is 18.1 Å². The van der Waals surface area contributed by atoms with Crippen LogP contribution in [0.2, 0.25) is 0 Å². The van der Waals surface area contributed by atoms with Gasteiger partial charge in [-0.2, -0.15) is 5.10 Å². The van der Waals surface area contributed by atoms with Crippen molar-refractivity contribution in [2.24, 2.45) is 0 Å². The molecule has 0 aliphatic carbocycles. The van der Waals surface area contributed by atoms with Gasteiger partial charge in [0.05, 0.1) is 18.7 Å². The van der Waals surface area contributed by atoms with Crippen LogP contribution in [-0.4, -0.2) is 27.5 Å². The van der Waals surface area contributed by atoms with Gasteiger partial charge in [0.2, 0.25) is 5.91 Å². The van der Waals surface area contributed by atoms with Gasteiger partial charge in [-0.15, -0.1) is 0 Å². The lowest BCUT2D eigenvalue weighted by Gasteiger charge is -2.26. The van der Waals surface area contributed by atoms with E-state index in [0.29, 0.717) is 25.3 Å². The van der Waals surface area contributed by atoms with Crippen molar-refractivity contribution in [3.63, 3.8) is 0 Å². The molecule has 104 valence electrons. The Bertz CT molecular complexity index is 635. The highest BCUT2D eigenvalue weighted by Gasteiger charge is 2.23. The third kappa shape index (κ3) is 2.36. The first kappa shape index (κ1) is 12.7. The summed E-state index contributed by atoms with van der Waals surface area (Å²) in [6, 6.07) is 6.01. The lowest BCUT2D eigenvalue weighted by atomic mass is 10.1. The van der Waals surface area contributed by atoms with Crippen LogP contribution in [0.5, 0.6) is 0 Å². The molecule has 0 radical (unpaired) electrons. The van der Waals surface area contributed by atoms with Crippen LogP contribution in [-0.2, 0) is 24.2 Å². The number of nitrogens with one attached hydrogen (secondary N) is 1. The van der Waals surface area contributed by atoms with Crippen molar-refractivity contribution in [1.82, 2.24) is 15.1 Å². The number of H-pyrrole nitrogens is 1. The number of nitrogens with two attached hydrogens (primary N) is 1. The van der Waals surface area contributed by atoms with E-state index in [2.05, 4.69) is 10.2 Å². The predicted octanol–water partition coefficient (Wildman–Crippen LogP) is 1.26. The molecule has 0 bridgehead atoms. The van der Waals surface area contributed by atoms with E-state index < -0.39 is 0 Å². The smallest absolute Gasteiger partial charge is 0.227 e. The number of benzene rings is 1. The molecule has 5 nitrogen and oxygen atoms in total. The molecule has 1 aromatic carbocycles. The summed E-state index contributed by atoms with van der Waals surface area (Å²) < 4.78 is 12.8. The molecule has 0 atom stereocenters. The minimum atomic E-state index is -0.295. The number of nitrogen functional groups attached to an aromatic ring is 1. The average molecular weight is 274 g/mol. The number of anilines is 1. The summed E-state index contributed by atoms with van der Waals surface area (Å²) in [6.07, 6.45) is 0.992. The van der Waals surface area contributed by atoms with Crippen LogP contribution in [0.3, 0.4) is 0 Å². The van der Waals surface area contributed by atoms with Gasteiger partial charge >= 0.3 is 0 Å². The number of amides is 1. The van der Waals surface area contributed by atoms with Crippen LogP contribution in [0.25, 0.3) is 0 Å². The number of nitrogens with zero attached hydrogens (tertiary/aromatic N) is 2. The average Bonchev–Trinajstić information content (AvgIpc) is 2.82. The number of aromatic amines is 1. The standard InChI is InChI=1S/C14H15FN4O/c15-10-3-1-9(2-4-10)7-13(20)19-6-5-11-12(8-19)17-18-14(11)16/h1-4H,5-8H2,(H3,16,17,18). The second-order valence-electron chi connectivity index (χ2n) is 4.93. The molecule has 3 N–H and O–H groups in total. The molecule has 3 rings (SSSR count).